The number of halogens is 1. The zero-order valence-corrected chi connectivity index (χ0v) is 10.3. The molecule has 0 N–H and O–H groups in total. The molecule has 1 aromatic carbocycles. The zero-order valence-electron chi connectivity index (χ0n) is 9.54. The van der Waals surface area contributed by atoms with Gasteiger partial charge in [-0.3, -0.25) is 0 Å². The molecule has 82 valence electrons. The number of hydrogen-bond donors (Lipinski definition) is 0. The molecule has 1 aliphatic rings. The first-order valence-electron chi connectivity index (χ1n) is 5.95. The van der Waals surface area contributed by atoms with Crippen LogP contribution in [-0.2, 0) is 6.42 Å². The van der Waals surface area contributed by atoms with E-state index < -0.39 is 0 Å². The van der Waals surface area contributed by atoms with Gasteiger partial charge in [-0.1, -0.05) is 38.1 Å². The Kier molecular flexibility index (Phi) is 3.35. The van der Waals surface area contributed by atoms with Crippen LogP contribution in [0, 0.1) is 5.92 Å². The third-order valence-corrected chi connectivity index (χ3v) is 4.36. The third-order valence-electron chi connectivity index (χ3n) is 3.75. The standard InChI is InChI=1S/C14H19Cl/c1-3-11-5-4-6-12(9-11)13-7-8-14(15)10(13)2/h4-6,9-10,13-14H,3,7-8H2,1-2H3. The highest BCUT2D eigenvalue weighted by Crippen LogP contribution is 2.42. The van der Waals surface area contributed by atoms with E-state index in [9.17, 15) is 0 Å². The molecule has 1 aliphatic carbocycles. The number of aryl methyl sites for hydroxylation is 1. The highest BCUT2D eigenvalue weighted by Gasteiger charge is 2.32. The Morgan fingerprint density at radius 3 is 2.73 bits per heavy atom. The summed E-state index contributed by atoms with van der Waals surface area (Å²) in [6, 6.07) is 9.01. The summed E-state index contributed by atoms with van der Waals surface area (Å²) < 4.78 is 0. The van der Waals surface area contributed by atoms with Gasteiger partial charge >= 0.3 is 0 Å². The molecule has 0 nitrogen and oxygen atoms in total. The topological polar surface area (TPSA) is 0 Å². The van der Waals surface area contributed by atoms with Crippen molar-refractivity contribution in [1.29, 1.82) is 0 Å². The molecule has 0 radical (unpaired) electrons. The maximum Gasteiger partial charge on any atom is 0.0367 e. The van der Waals surface area contributed by atoms with Crippen molar-refractivity contribution in [3.05, 3.63) is 35.4 Å². The first kappa shape index (κ1) is 11.0. The highest BCUT2D eigenvalue weighted by atomic mass is 35.5. The molecule has 1 heteroatoms. The van der Waals surface area contributed by atoms with Crippen molar-refractivity contribution in [3.63, 3.8) is 0 Å². The fourth-order valence-corrected chi connectivity index (χ4v) is 2.93. The third kappa shape index (κ3) is 2.20. The second kappa shape index (κ2) is 4.57. The van der Waals surface area contributed by atoms with Crippen LogP contribution in [0.4, 0.5) is 0 Å². The van der Waals surface area contributed by atoms with E-state index in [0.717, 1.165) is 6.42 Å². The molecule has 0 heterocycles. The zero-order chi connectivity index (χ0) is 10.8. The van der Waals surface area contributed by atoms with E-state index in [1.54, 1.807) is 0 Å². The van der Waals surface area contributed by atoms with Crippen LogP contribution in [0.3, 0.4) is 0 Å². The van der Waals surface area contributed by atoms with Crippen LogP contribution in [0.5, 0.6) is 0 Å². The maximum absolute atomic E-state index is 6.28. The van der Waals surface area contributed by atoms with Gasteiger partial charge in [0.15, 0.2) is 0 Å². The van der Waals surface area contributed by atoms with Gasteiger partial charge in [0.25, 0.3) is 0 Å². The van der Waals surface area contributed by atoms with E-state index in [-0.39, 0.29) is 0 Å². The lowest BCUT2D eigenvalue weighted by Crippen LogP contribution is -2.09. The molecule has 1 fully saturated rings. The molecule has 3 unspecified atom stereocenters. The first-order chi connectivity index (χ1) is 7.22. The van der Waals surface area contributed by atoms with Gasteiger partial charge in [0, 0.05) is 5.38 Å². The van der Waals surface area contributed by atoms with Crippen molar-refractivity contribution >= 4 is 11.6 Å². The molecule has 0 saturated heterocycles. The van der Waals surface area contributed by atoms with Gasteiger partial charge in [0.05, 0.1) is 0 Å². The average Bonchev–Trinajstić information content (AvgIpc) is 2.60. The molecule has 1 aromatic rings. The summed E-state index contributed by atoms with van der Waals surface area (Å²) in [4.78, 5) is 0. The van der Waals surface area contributed by atoms with E-state index in [2.05, 4.69) is 38.1 Å². The van der Waals surface area contributed by atoms with Crippen LogP contribution in [0.1, 0.15) is 43.7 Å². The number of alkyl halides is 1. The summed E-state index contributed by atoms with van der Waals surface area (Å²) in [5.41, 5.74) is 2.93. The molecule has 0 bridgehead atoms. The molecule has 2 rings (SSSR count). The molecule has 1 saturated carbocycles. The summed E-state index contributed by atoms with van der Waals surface area (Å²) in [5.74, 6) is 1.30. The van der Waals surface area contributed by atoms with Crippen molar-refractivity contribution in [3.8, 4) is 0 Å². The van der Waals surface area contributed by atoms with Crippen LogP contribution < -0.4 is 0 Å². The van der Waals surface area contributed by atoms with E-state index in [0.29, 0.717) is 17.2 Å². The van der Waals surface area contributed by atoms with Crippen molar-refractivity contribution in [2.75, 3.05) is 0 Å². The molecule has 0 aromatic heterocycles. The van der Waals surface area contributed by atoms with Crippen molar-refractivity contribution in [2.24, 2.45) is 5.92 Å². The lowest BCUT2D eigenvalue weighted by molar-refractivity contribution is 0.537. The summed E-state index contributed by atoms with van der Waals surface area (Å²) in [7, 11) is 0. The van der Waals surface area contributed by atoms with Gasteiger partial charge in [-0.15, -0.1) is 11.6 Å². The fraction of sp³-hybridized carbons (Fsp3) is 0.571. The average molecular weight is 223 g/mol. The van der Waals surface area contributed by atoms with E-state index >= 15 is 0 Å². The Morgan fingerprint density at radius 2 is 2.13 bits per heavy atom. The van der Waals surface area contributed by atoms with Gasteiger partial charge in [0.1, 0.15) is 0 Å². The van der Waals surface area contributed by atoms with Crippen molar-refractivity contribution in [2.45, 2.75) is 44.4 Å². The Balaban J connectivity index is 2.22. The van der Waals surface area contributed by atoms with E-state index in [4.69, 9.17) is 11.6 Å². The SMILES string of the molecule is CCc1cccc(C2CCC(Cl)C2C)c1. The lowest BCUT2D eigenvalue weighted by atomic mass is 9.89. The molecular formula is C14H19Cl. The number of rotatable bonds is 2. The predicted molar refractivity (Wildman–Crippen MR) is 66.6 cm³/mol. The number of hydrogen-bond acceptors (Lipinski definition) is 0. The first-order valence-corrected chi connectivity index (χ1v) is 6.39. The summed E-state index contributed by atoms with van der Waals surface area (Å²) in [6.07, 6.45) is 3.55. The molecule has 3 atom stereocenters. The second-order valence-electron chi connectivity index (χ2n) is 4.66. The Hall–Kier alpha value is -0.490. The molecule has 15 heavy (non-hydrogen) atoms. The van der Waals surface area contributed by atoms with Gasteiger partial charge in [-0.2, -0.15) is 0 Å². The number of benzene rings is 1. The van der Waals surface area contributed by atoms with Crippen LogP contribution in [-0.4, -0.2) is 5.38 Å². The second-order valence-corrected chi connectivity index (χ2v) is 5.22. The minimum Gasteiger partial charge on any atom is -0.123 e. The summed E-state index contributed by atoms with van der Waals surface area (Å²) in [5, 5.41) is 0.375. The van der Waals surface area contributed by atoms with Gasteiger partial charge in [-0.25, -0.2) is 0 Å². The summed E-state index contributed by atoms with van der Waals surface area (Å²) in [6.45, 7) is 4.50. The quantitative estimate of drug-likeness (QED) is 0.652. The largest absolute Gasteiger partial charge is 0.123 e. The predicted octanol–water partition coefficient (Wildman–Crippen LogP) is 4.37. The molecular weight excluding hydrogens is 204 g/mol. The lowest BCUT2D eigenvalue weighted by Gasteiger charge is -2.18. The van der Waals surface area contributed by atoms with Gasteiger partial charge in [0.2, 0.25) is 0 Å². The minimum atomic E-state index is 0.375. The van der Waals surface area contributed by atoms with Gasteiger partial charge in [-0.05, 0) is 42.2 Å². The van der Waals surface area contributed by atoms with Crippen LogP contribution in [0.25, 0.3) is 0 Å². The fourth-order valence-electron chi connectivity index (χ4n) is 2.63. The van der Waals surface area contributed by atoms with Crippen LogP contribution in [0.15, 0.2) is 24.3 Å². The molecule has 0 aliphatic heterocycles. The van der Waals surface area contributed by atoms with Crippen LogP contribution >= 0.6 is 11.6 Å². The highest BCUT2D eigenvalue weighted by molar-refractivity contribution is 6.21. The monoisotopic (exact) mass is 222 g/mol. The Bertz CT molecular complexity index is 332. The normalized spacial score (nSPS) is 30.7. The van der Waals surface area contributed by atoms with Gasteiger partial charge < -0.3 is 0 Å². The van der Waals surface area contributed by atoms with Crippen LogP contribution in [0.2, 0.25) is 0 Å². The Morgan fingerprint density at radius 1 is 1.33 bits per heavy atom. The molecule has 0 spiro atoms. The molecule has 0 amide bonds. The summed E-state index contributed by atoms with van der Waals surface area (Å²) >= 11 is 6.28. The minimum absolute atomic E-state index is 0.375. The van der Waals surface area contributed by atoms with Crippen molar-refractivity contribution in [1.82, 2.24) is 0 Å². The van der Waals surface area contributed by atoms with E-state index in [1.807, 2.05) is 0 Å². The van der Waals surface area contributed by atoms with Crippen molar-refractivity contribution < 1.29 is 0 Å². The maximum atomic E-state index is 6.28. The Labute approximate surface area is 97.6 Å². The smallest absolute Gasteiger partial charge is 0.0367 e. The van der Waals surface area contributed by atoms with E-state index in [1.165, 1.54) is 24.0 Å².